The highest BCUT2D eigenvalue weighted by Crippen LogP contribution is 2.36. The summed E-state index contributed by atoms with van der Waals surface area (Å²) in [4.78, 5) is 4.53. The quantitative estimate of drug-likeness (QED) is 0.439. The standard InChI is InChI=1S/C21H16ClF3N4O/c1-29-18(11-26-28-29)13-5-8-17-15(10-13)19(22)16(20(27-17)30-2)9-12-3-6-14(7-4-12)21(23,24)25/h3-8,10-11H,9H2,1-2H3. The van der Waals surface area contributed by atoms with Crippen molar-refractivity contribution in [2.24, 2.45) is 7.05 Å². The summed E-state index contributed by atoms with van der Waals surface area (Å²) in [7, 11) is 3.27. The van der Waals surface area contributed by atoms with Gasteiger partial charge in [0.25, 0.3) is 0 Å². The Hall–Kier alpha value is -3.13. The van der Waals surface area contributed by atoms with Crippen molar-refractivity contribution in [1.82, 2.24) is 20.0 Å². The van der Waals surface area contributed by atoms with Gasteiger partial charge in [-0.1, -0.05) is 35.0 Å². The molecular formula is C21H16ClF3N4O. The number of benzene rings is 2. The van der Waals surface area contributed by atoms with Gasteiger partial charge in [0, 0.05) is 30.0 Å². The fourth-order valence-electron chi connectivity index (χ4n) is 3.29. The Morgan fingerprint density at radius 2 is 1.83 bits per heavy atom. The van der Waals surface area contributed by atoms with Crippen LogP contribution in [0.15, 0.2) is 48.7 Å². The third kappa shape index (κ3) is 3.70. The van der Waals surface area contributed by atoms with E-state index in [9.17, 15) is 13.2 Å². The van der Waals surface area contributed by atoms with Crippen LogP contribution in [0.2, 0.25) is 5.02 Å². The molecule has 30 heavy (non-hydrogen) atoms. The SMILES string of the molecule is COc1nc2ccc(-c3cnnn3C)cc2c(Cl)c1Cc1ccc(C(F)(F)F)cc1. The van der Waals surface area contributed by atoms with Crippen molar-refractivity contribution in [1.29, 1.82) is 0 Å². The second kappa shape index (κ2) is 7.60. The molecule has 2 aromatic heterocycles. The molecule has 154 valence electrons. The van der Waals surface area contributed by atoms with Crippen LogP contribution in [-0.4, -0.2) is 27.1 Å². The Kier molecular flexibility index (Phi) is 5.11. The summed E-state index contributed by atoms with van der Waals surface area (Å²) in [5.41, 5.74) is 2.89. The number of aromatic nitrogens is 4. The maximum atomic E-state index is 12.8. The van der Waals surface area contributed by atoms with Crippen LogP contribution in [0.25, 0.3) is 22.2 Å². The second-order valence-electron chi connectivity index (χ2n) is 6.76. The van der Waals surface area contributed by atoms with Crippen LogP contribution < -0.4 is 4.74 Å². The summed E-state index contributed by atoms with van der Waals surface area (Å²) in [5.74, 6) is 0.336. The molecule has 0 N–H and O–H groups in total. The van der Waals surface area contributed by atoms with E-state index in [2.05, 4.69) is 15.3 Å². The van der Waals surface area contributed by atoms with Crippen molar-refractivity contribution in [3.05, 3.63) is 70.4 Å². The van der Waals surface area contributed by atoms with Crippen LogP contribution in [0, 0.1) is 0 Å². The average Bonchev–Trinajstić information content (AvgIpc) is 3.15. The normalized spacial score (nSPS) is 11.8. The summed E-state index contributed by atoms with van der Waals surface area (Å²) in [6.45, 7) is 0. The van der Waals surface area contributed by atoms with Crippen LogP contribution in [0.1, 0.15) is 16.7 Å². The van der Waals surface area contributed by atoms with Gasteiger partial charge in [-0.25, -0.2) is 9.67 Å². The van der Waals surface area contributed by atoms with Crippen LogP contribution in [0.3, 0.4) is 0 Å². The lowest BCUT2D eigenvalue weighted by Gasteiger charge is -2.14. The first-order valence-electron chi connectivity index (χ1n) is 8.95. The molecule has 2 aromatic carbocycles. The zero-order valence-electron chi connectivity index (χ0n) is 16.0. The number of methoxy groups -OCH3 is 1. The van der Waals surface area contributed by atoms with Crippen molar-refractivity contribution >= 4 is 22.5 Å². The maximum Gasteiger partial charge on any atom is 0.416 e. The van der Waals surface area contributed by atoms with E-state index in [1.54, 1.807) is 17.9 Å². The van der Waals surface area contributed by atoms with E-state index in [0.717, 1.165) is 23.4 Å². The topological polar surface area (TPSA) is 52.8 Å². The molecule has 0 aliphatic carbocycles. The fourth-order valence-corrected chi connectivity index (χ4v) is 3.59. The molecule has 0 radical (unpaired) electrons. The van der Waals surface area contributed by atoms with Gasteiger partial charge in [-0.2, -0.15) is 13.2 Å². The molecule has 4 aromatic rings. The van der Waals surface area contributed by atoms with Crippen molar-refractivity contribution in [3.63, 3.8) is 0 Å². The van der Waals surface area contributed by atoms with Crippen molar-refractivity contribution in [3.8, 4) is 17.1 Å². The van der Waals surface area contributed by atoms with Gasteiger partial charge in [0.1, 0.15) is 0 Å². The van der Waals surface area contributed by atoms with Crippen LogP contribution in [0.4, 0.5) is 13.2 Å². The largest absolute Gasteiger partial charge is 0.481 e. The Bertz CT molecular complexity index is 1220. The minimum Gasteiger partial charge on any atom is -0.481 e. The smallest absolute Gasteiger partial charge is 0.416 e. The van der Waals surface area contributed by atoms with Gasteiger partial charge in [0.2, 0.25) is 5.88 Å². The highest BCUT2D eigenvalue weighted by Gasteiger charge is 2.30. The van der Waals surface area contributed by atoms with Crippen molar-refractivity contribution in [2.75, 3.05) is 7.11 Å². The van der Waals surface area contributed by atoms with E-state index in [0.29, 0.717) is 32.9 Å². The predicted octanol–water partition coefficient (Wildman–Crippen LogP) is 5.30. The van der Waals surface area contributed by atoms with Gasteiger partial charge in [-0.05, 0) is 29.8 Å². The Labute approximate surface area is 175 Å². The second-order valence-corrected chi connectivity index (χ2v) is 7.14. The summed E-state index contributed by atoms with van der Waals surface area (Å²) in [5, 5.41) is 8.97. The molecule has 0 atom stereocenters. The van der Waals surface area contributed by atoms with Crippen molar-refractivity contribution < 1.29 is 17.9 Å². The van der Waals surface area contributed by atoms with E-state index >= 15 is 0 Å². The third-order valence-electron chi connectivity index (χ3n) is 4.84. The minimum atomic E-state index is -4.38. The number of halogens is 4. The van der Waals surface area contributed by atoms with Gasteiger partial charge in [0.15, 0.2) is 0 Å². The van der Waals surface area contributed by atoms with E-state index in [-0.39, 0.29) is 6.42 Å². The van der Waals surface area contributed by atoms with Crippen molar-refractivity contribution in [2.45, 2.75) is 12.6 Å². The van der Waals surface area contributed by atoms with Gasteiger partial charge in [0.05, 0.1) is 35.1 Å². The van der Waals surface area contributed by atoms with Gasteiger partial charge in [-0.15, -0.1) is 5.10 Å². The number of aryl methyl sites for hydroxylation is 1. The van der Waals surface area contributed by atoms with E-state index in [1.165, 1.54) is 19.2 Å². The van der Waals surface area contributed by atoms with E-state index < -0.39 is 11.7 Å². The molecule has 0 aliphatic rings. The first kappa shape index (κ1) is 20.2. The number of pyridine rings is 1. The Morgan fingerprint density at radius 1 is 1.10 bits per heavy atom. The molecule has 2 heterocycles. The molecule has 0 bridgehead atoms. The molecular weight excluding hydrogens is 417 g/mol. The summed E-state index contributed by atoms with van der Waals surface area (Å²) >= 11 is 6.71. The number of hydrogen-bond donors (Lipinski definition) is 0. The molecule has 5 nitrogen and oxygen atoms in total. The Balaban J connectivity index is 1.78. The van der Waals surface area contributed by atoms with Crippen LogP contribution in [0.5, 0.6) is 5.88 Å². The average molecular weight is 433 g/mol. The first-order valence-corrected chi connectivity index (χ1v) is 9.33. The monoisotopic (exact) mass is 432 g/mol. The first-order chi connectivity index (χ1) is 14.3. The highest BCUT2D eigenvalue weighted by molar-refractivity contribution is 6.36. The highest BCUT2D eigenvalue weighted by atomic mass is 35.5. The molecule has 0 saturated carbocycles. The number of nitrogens with zero attached hydrogens (tertiary/aromatic N) is 4. The summed E-state index contributed by atoms with van der Waals surface area (Å²) in [6, 6.07) is 10.6. The lowest BCUT2D eigenvalue weighted by molar-refractivity contribution is -0.137. The minimum absolute atomic E-state index is 0.278. The molecule has 0 saturated heterocycles. The lowest BCUT2D eigenvalue weighted by atomic mass is 10.0. The summed E-state index contributed by atoms with van der Waals surface area (Å²) in [6.07, 6.45) is -2.45. The number of ether oxygens (including phenoxy) is 1. The molecule has 4 rings (SSSR count). The maximum absolute atomic E-state index is 12.8. The van der Waals surface area contributed by atoms with Gasteiger partial charge >= 0.3 is 6.18 Å². The third-order valence-corrected chi connectivity index (χ3v) is 5.28. The Morgan fingerprint density at radius 3 is 2.43 bits per heavy atom. The molecule has 9 heteroatoms. The number of alkyl halides is 3. The van der Waals surface area contributed by atoms with E-state index in [4.69, 9.17) is 16.3 Å². The molecule has 0 spiro atoms. The zero-order chi connectivity index (χ0) is 21.5. The van der Waals surface area contributed by atoms with Crippen LogP contribution >= 0.6 is 11.6 Å². The van der Waals surface area contributed by atoms with Crippen LogP contribution in [-0.2, 0) is 19.6 Å². The van der Waals surface area contributed by atoms with Gasteiger partial charge in [-0.3, -0.25) is 0 Å². The molecule has 0 amide bonds. The lowest BCUT2D eigenvalue weighted by Crippen LogP contribution is -2.05. The number of fused-ring (bicyclic) bond motifs is 1. The number of rotatable bonds is 4. The van der Waals surface area contributed by atoms with Gasteiger partial charge < -0.3 is 4.74 Å². The van der Waals surface area contributed by atoms with E-state index in [1.807, 2.05) is 18.2 Å². The zero-order valence-corrected chi connectivity index (χ0v) is 16.8. The predicted molar refractivity (Wildman–Crippen MR) is 108 cm³/mol. The molecule has 0 aliphatic heterocycles. The number of hydrogen-bond acceptors (Lipinski definition) is 4. The fraction of sp³-hybridized carbons (Fsp3) is 0.190. The summed E-state index contributed by atoms with van der Waals surface area (Å²) < 4.78 is 45.5. The molecule has 0 unspecified atom stereocenters. The molecule has 0 fully saturated rings.